The van der Waals surface area contributed by atoms with Crippen LogP contribution in [0.15, 0.2) is 23.6 Å². The van der Waals surface area contributed by atoms with Gasteiger partial charge in [-0.3, -0.25) is 9.59 Å². The molecule has 0 bridgehead atoms. The molecule has 1 saturated carbocycles. The fourth-order valence-corrected chi connectivity index (χ4v) is 2.72. The van der Waals surface area contributed by atoms with Gasteiger partial charge >= 0.3 is 0 Å². The van der Waals surface area contributed by atoms with Crippen molar-refractivity contribution in [3.63, 3.8) is 0 Å². The Kier molecular flexibility index (Phi) is 4.72. The zero-order valence-electron chi connectivity index (χ0n) is 12.2. The molecule has 7 nitrogen and oxygen atoms in total. The molecule has 0 radical (unpaired) electrons. The molecule has 1 aromatic heterocycles. The summed E-state index contributed by atoms with van der Waals surface area (Å²) in [5.41, 5.74) is -0.569. The summed E-state index contributed by atoms with van der Waals surface area (Å²) < 4.78 is 4.80. The molecule has 2 amide bonds. The highest BCUT2D eigenvalue weighted by atomic mass is 16.5. The number of amides is 2. The van der Waals surface area contributed by atoms with Gasteiger partial charge < -0.3 is 14.7 Å². The largest absolute Gasteiger partial charge is 0.343 e. The normalized spacial score (nSPS) is 16.4. The molecule has 1 aromatic rings. The molecule has 1 heterocycles. The van der Waals surface area contributed by atoms with Gasteiger partial charge in [0.25, 0.3) is 0 Å². The summed E-state index contributed by atoms with van der Waals surface area (Å²) in [6, 6.07) is 0. The Balaban J connectivity index is 2.06. The lowest BCUT2D eigenvalue weighted by molar-refractivity contribution is -0.133. The average molecular weight is 292 g/mol. The molecule has 1 fully saturated rings. The molecular weight excluding hydrogens is 272 g/mol. The zero-order valence-corrected chi connectivity index (χ0v) is 12.2. The van der Waals surface area contributed by atoms with Crippen molar-refractivity contribution in [2.24, 2.45) is 0 Å². The number of hydrogen-bond donors (Lipinski definition) is 1. The predicted molar refractivity (Wildman–Crippen MR) is 75.0 cm³/mol. The number of nitrogens with zero attached hydrogens (tertiary/aromatic N) is 3. The van der Waals surface area contributed by atoms with Gasteiger partial charge in [-0.15, -0.1) is 0 Å². The molecule has 7 heteroatoms. The molecule has 0 saturated heterocycles. The van der Waals surface area contributed by atoms with E-state index in [1.54, 1.807) is 0 Å². The van der Waals surface area contributed by atoms with Crippen LogP contribution in [-0.4, -0.2) is 39.9 Å². The minimum absolute atomic E-state index is 0.000947. The number of aromatic nitrogens is 2. The zero-order chi connectivity index (χ0) is 15.3. The Morgan fingerprint density at radius 1 is 1.52 bits per heavy atom. The first-order valence-corrected chi connectivity index (χ1v) is 7.10. The molecule has 2 rings (SSSR count). The molecule has 1 N–H and O–H groups in total. The van der Waals surface area contributed by atoms with E-state index in [9.17, 15) is 9.59 Å². The smallest absolute Gasteiger partial charge is 0.246 e. The van der Waals surface area contributed by atoms with E-state index in [2.05, 4.69) is 22.0 Å². The van der Waals surface area contributed by atoms with E-state index in [-0.39, 0.29) is 18.4 Å². The number of carbonyl (C=O) groups excluding carboxylic acids is 2. The minimum Gasteiger partial charge on any atom is -0.343 e. The van der Waals surface area contributed by atoms with Crippen molar-refractivity contribution >= 4 is 11.8 Å². The number of likely N-dealkylation sites (N-methyl/N-ethyl adjacent to an activating group) is 1. The van der Waals surface area contributed by atoms with Crippen molar-refractivity contribution in [2.75, 3.05) is 13.1 Å². The summed E-state index contributed by atoms with van der Waals surface area (Å²) in [7, 11) is 0. The summed E-state index contributed by atoms with van der Waals surface area (Å²) in [5, 5.41) is 6.86. The van der Waals surface area contributed by atoms with Crippen molar-refractivity contribution in [1.82, 2.24) is 20.4 Å². The maximum Gasteiger partial charge on any atom is 0.246 e. The van der Waals surface area contributed by atoms with E-state index in [0.29, 0.717) is 12.4 Å². The highest BCUT2D eigenvalue weighted by Gasteiger charge is 2.41. The monoisotopic (exact) mass is 292 g/mol. The predicted octanol–water partition coefficient (Wildman–Crippen LogP) is 0.990. The van der Waals surface area contributed by atoms with Gasteiger partial charge in [0.15, 0.2) is 5.82 Å². The van der Waals surface area contributed by atoms with Crippen LogP contribution in [0.4, 0.5) is 0 Å². The van der Waals surface area contributed by atoms with E-state index in [4.69, 9.17) is 4.52 Å². The number of nitrogens with one attached hydrogen (secondary N) is 1. The summed E-state index contributed by atoms with van der Waals surface area (Å²) in [4.78, 5) is 29.4. The Morgan fingerprint density at radius 3 is 2.76 bits per heavy atom. The molecule has 1 aliphatic carbocycles. The highest BCUT2D eigenvalue weighted by Crippen LogP contribution is 2.36. The number of carbonyl (C=O) groups is 2. The number of hydrogen-bond acceptors (Lipinski definition) is 5. The van der Waals surface area contributed by atoms with Crippen molar-refractivity contribution < 1.29 is 14.1 Å². The first-order valence-electron chi connectivity index (χ1n) is 7.10. The van der Waals surface area contributed by atoms with Gasteiger partial charge in [0.2, 0.25) is 18.2 Å². The van der Waals surface area contributed by atoms with Crippen LogP contribution < -0.4 is 5.32 Å². The maximum atomic E-state index is 12.3. The van der Waals surface area contributed by atoms with Crippen LogP contribution in [0, 0.1) is 0 Å². The van der Waals surface area contributed by atoms with Gasteiger partial charge in [-0.25, -0.2) is 0 Å². The highest BCUT2D eigenvalue weighted by molar-refractivity contribution is 5.91. The van der Waals surface area contributed by atoms with Gasteiger partial charge in [-0.1, -0.05) is 24.6 Å². The van der Waals surface area contributed by atoms with Crippen LogP contribution in [-0.2, 0) is 15.1 Å². The lowest BCUT2D eigenvalue weighted by Gasteiger charge is -2.28. The maximum absolute atomic E-state index is 12.3. The standard InChI is InChI=1S/C14H20N4O3/c1-3-12(20)18(4-2)9-11(19)16-14(7-5-6-8-14)13-15-10-21-17-13/h3,10H,1,4-9H2,2H3,(H,16,19). The molecule has 1 aliphatic rings. The van der Waals surface area contributed by atoms with E-state index >= 15 is 0 Å². The van der Waals surface area contributed by atoms with Crippen LogP contribution >= 0.6 is 0 Å². The summed E-state index contributed by atoms with van der Waals surface area (Å²) in [6.45, 7) is 5.71. The van der Waals surface area contributed by atoms with Crippen molar-refractivity contribution in [2.45, 2.75) is 38.1 Å². The van der Waals surface area contributed by atoms with Crippen LogP contribution in [0.3, 0.4) is 0 Å². The van der Waals surface area contributed by atoms with E-state index < -0.39 is 5.54 Å². The Bertz CT molecular complexity index is 506. The Morgan fingerprint density at radius 2 is 2.24 bits per heavy atom. The van der Waals surface area contributed by atoms with Crippen LogP contribution in [0.1, 0.15) is 38.4 Å². The summed E-state index contributed by atoms with van der Waals surface area (Å²) in [5.74, 6) is 0.0258. The second-order valence-electron chi connectivity index (χ2n) is 5.15. The van der Waals surface area contributed by atoms with Crippen molar-refractivity contribution in [1.29, 1.82) is 0 Å². The minimum atomic E-state index is -0.569. The Labute approximate surface area is 123 Å². The first kappa shape index (κ1) is 15.2. The summed E-state index contributed by atoms with van der Waals surface area (Å²) >= 11 is 0. The topological polar surface area (TPSA) is 88.3 Å². The summed E-state index contributed by atoms with van der Waals surface area (Å²) in [6.07, 6.45) is 6.03. The molecule has 0 spiro atoms. The van der Waals surface area contributed by atoms with Gasteiger partial charge in [-0.2, -0.15) is 4.98 Å². The van der Waals surface area contributed by atoms with Gasteiger partial charge in [0.1, 0.15) is 5.54 Å². The lowest BCUT2D eigenvalue weighted by Crippen LogP contribution is -2.49. The molecule has 114 valence electrons. The molecule has 0 atom stereocenters. The molecular formula is C14H20N4O3. The van der Waals surface area contributed by atoms with Crippen molar-refractivity contribution in [3.05, 3.63) is 24.9 Å². The van der Waals surface area contributed by atoms with Gasteiger partial charge in [0, 0.05) is 6.54 Å². The molecule has 21 heavy (non-hydrogen) atoms. The molecule has 0 aromatic carbocycles. The van der Waals surface area contributed by atoms with E-state index in [1.807, 2.05) is 6.92 Å². The van der Waals surface area contributed by atoms with Crippen LogP contribution in [0.25, 0.3) is 0 Å². The fraction of sp³-hybridized carbons (Fsp3) is 0.571. The van der Waals surface area contributed by atoms with Crippen LogP contribution in [0.2, 0.25) is 0 Å². The quantitative estimate of drug-likeness (QED) is 0.790. The third kappa shape index (κ3) is 3.29. The third-order valence-electron chi connectivity index (χ3n) is 3.83. The SMILES string of the molecule is C=CC(=O)N(CC)CC(=O)NC1(c2ncon2)CCCC1. The Hall–Kier alpha value is -2.18. The van der Waals surface area contributed by atoms with Crippen molar-refractivity contribution in [3.8, 4) is 0 Å². The first-order chi connectivity index (χ1) is 10.1. The molecule has 0 unspecified atom stereocenters. The van der Waals surface area contributed by atoms with E-state index in [1.165, 1.54) is 17.4 Å². The third-order valence-corrected chi connectivity index (χ3v) is 3.83. The van der Waals surface area contributed by atoms with Gasteiger partial charge in [0.05, 0.1) is 6.54 Å². The van der Waals surface area contributed by atoms with Crippen LogP contribution in [0.5, 0.6) is 0 Å². The van der Waals surface area contributed by atoms with E-state index in [0.717, 1.165) is 25.7 Å². The lowest BCUT2D eigenvalue weighted by atomic mass is 9.96. The van der Waals surface area contributed by atoms with Gasteiger partial charge in [-0.05, 0) is 25.8 Å². The average Bonchev–Trinajstić information content (AvgIpc) is 3.15. The second-order valence-corrected chi connectivity index (χ2v) is 5.15. The fourth-order valence-electron chi connectivity index (χ4n) is 2.72. The number of rotatable bonds is 6. The molecule has 0 aliphatic heterocycles. The second kappa shape index (κ2) is 6.51.